The quantitative estimate of drug-likeness (QED) is 0.722. The van der Waals surface area contributed by atoms with E-state index in [1.54, 1.807) is 0 Å². The number of hydrogen-bond donors (Lipinski definition) is 1. The highest BCUT2D eigenvalue weighted by atomic mass is 15.2. The molecular weight excluding hydrogens is 172 g/mol. The minimum absolute atomic E-state index is 0.759. The van der Waals surface area contributed by atoms with Crippen molar-refractivity contribution in [3.63, 3.8) is 0 Å². The van der Waals surface area contributed by atoms with Gasteiger partial charge in [-0.3, -0.25) is 4.90 Å². The van der Waals surface area contributed by atoms with E-state index in [1.807, 2.05) is 0 Å². The number of nitrogens with zero attached hydrogens (tertiary/aromatic N) is 1. The van der Waals surface area contributed by atoms with Gasteiger partial charge in [0.05, 0.1) is 0 Å². The van der Waals surface area contributed by atoms with Crippen LogP contribution in [0.15, 0.2) is 0 Å². The Balaban J connectivity index is 1.68. The Kier molecular flexibility index (Phi) is 3.45. The van der Waals surface area contributed by atoms with Gasteiger partial charge in [-0.1, -0.05) is 6.92 Å². The van der Waals surface area contributed by atoms with Crippen LogP contribution in [0.5, 0.6) is 0 Å². The Bertz CT molecular complexity index is 177. The Hall–Kier alpha value is -0.0800. The Morgan fingerprint density at radius 2 is 2.14 bits per heavy atom. The van der Waals surface area contributed by atoms with E-state index in [-0.39, 0.29) is 0 Å². The van der Waals surface area contributed by atoms with Crippen LogP contribution >= 0.6 is 0 Å². The average Bonchev–Trinajstić information content (AvgIpc) is 2.94. The predicted molar refractivity (Wildman–Crippen MR) is 60.5 cm³/mol. The molecule has 0 aromatic heterocycles. The summed E-state index contributed by atoms with van der Waals surface area (Å²) in [5.41, 5.74) is 0. The second-order valence-electron chi connectivity index (χ2n) is 4.96. The third-order valence-electron chi connectivity index (χ3n) is 3.91. The molecule has 1 heterocycles. The Morgan fingerprint density at radius 3 is 2.79 bits per heavy atom. The highest BCUT2D eigenvalue weighted by Gasteiger charge is 2.29. The van der Waals surface area contributed by atoms with Crippen molar-refractivity contribution in [3.8, 4) is 0 Å². The molecule has 2 rings (SSSR count). The molecule has 2 nitrogen and oxygen atoms in total. The zero-order valence-electron chi connectivity index (χ0n) is 9.63. The molecule has 2 fully saturated rings. The summed E-state index contributed by atoms with van der Waals surface area (Å²) in [5.74, 6) is 0.992. The van der Waals surface area contributed by atoms with E-state index >= 15 is 0 Å². The highest BCUT2D eigenvalue weighted by molar-refractivity contribution is 4.86. The van der Waals surface area contributed by atoms with Crippen LogP contribution < -0.4 is 5.32 Å². The van der Waals surface area contributed by atoms with Crippen molar-refractivity contribution in [2.75, 3.05) is 19.6 Å². The van der Waals surface area contributed by atoms with Crippen LogP contribution in [0.4, 0.5) is 0 Å². The number of likely N-dealkylation sites (tertiary alicyclic amines) is 1. The van der Waals surface area contributed by atoms with Gasteiger partial charge in [-0.25, -0.2) is 0 Å². The van der Waals surface area contributed by atoms with Gasteiger partial charge in [0.2, 0.25) is 0 Å². The van der Waals surface area contributed by atoms with Crippen molar-refractivity contribution < 1.29 is 0 Å². The van der Waals surface area contributed by atoms with Crippen molar-refractivity contribution in [2.45, 2.75) is 51.6 Å². The summed E-state index contributed by atoms with van der Waals surface area (Å²) in [7, 11) is 0. The highest BCUT2D eigenvalue weighted by Crippen LogP contribution is 2.32. The molecule has 0 bridgehead atoms. The fraction of sp³-hybridized carbons (Fsp3) is 1.00. The Labute approximate surface area is 88.1 Å². The van der Waals surface area contributed by atoms with Crippen molar-refractivity contribution in [3.05, 3.63) is 0 Å². The first-order valence-electron chi connectivity index (χ1n) is 6.28. The van der Waals surface area contributed by atoms with E-state index in [0.29, 0.717) is 0 Å². The monoisotopic (exact) mass is 196 g/mol. The van der Waals surface area contributed by atoms with Crippen LogP contribution in [0.2, 0.25) is 0 Å². The zero-order chi connectivity index (χ0) is 9.97. The predicted octanol–water partition coefficient (Wildman–Crippen LogP) is 1.86. The smallest absolute Gasteiger partial charge is 0.0221 e. The molecule has 1 aliphatic heterocycles. The number of rotatable bonds is 5. The van der Waals surface area contributed by atoms with Crippen LogP contribution in [-0.2, 0) is 0 Å². The first kappa shape index (κ1) is 10.4. The van der Waals surface area contributed by atoms with Gasteiger partial charge in [0.15, 0.2) is 0 Å². The molecule has 0 radical (unpaired) electrons. The molecule has 0 spiro atoms. The normalized spacial score (nSPS) is 30.9. The number of nitrogens with one attached hydrogen (secondary N) is 1. The molecule has 0 aromatic rings. The molecule has 0 aromatic carbocycles. The lowest BCUT2D eigenvalue weighted by Crippen LogP contribution is -2.41. The minimum Gasteiger partial charge on any atom is -0.312 e. The average molecular weight is 196 g/mol. The molecule has 1 saturated heterocycles. The molecule has 1 saturated carbocycles. The summed E-state index contributed by atoms with van der Waals surface area (Å²) in [4.78, 5) is 2.62. The molecule has 2 aliphatic rings. The standard InChI is InChI=1S/C12H24N2/c1-3-14-8-4-5-12(14)9-13-10(2)11-6-7-11/h10-13H,3-9H2,1-2H3/t10-,12-/m1/s1. The first-order valence-corrected chi connectivity index (χ1v) is 6.28. The second kappa shape index (κ2) is 4.63. The molecule has 2 atom stereocenters. The molecule has 0 amide bonds. The Morgan fingerprint density at radius 1 is 1.36 bits per heavy atom. The fourth-order valence-corrected chi connectivity index (χ4v) is 2.63. The summed E-state index contributed by atoms with van der Waals surface area (Å²) in [6.07, 6.45) is 5.71. The van der Waals surface area contributed by atoms with Gasteiger partial charge in [0.1, 0.15) is 0 Å². The third-order valence-corrected chi connectivity index (χ3v) is 3.91. The SMILES string of the molecule is CCN1CCC[C@@H]1CN[C@H](C)C1CC1. The second-order valence-corrected chi connectivity index (χ2v) is 4.96. The van der Waals surface area contributed by atoms with Crippen LogP contribution in [0.3, 0.4) is 0 Å². The van der Waals surface area contributed by atoms with Gasteiger partial charge in [-0.2, -0.15) is 0 Å². The summed E-state index contributed by atoms with van der Waals surface area (Å²) in [6.45, 7) is 8.39. The van der Waals surface area contributed by atoms with Crippen molar-refractivity contribution in [1.29, 1.82) is 0 Å². The van der Waals surface area contributed by atoms with Gasteiger partial charge in [-0.05, 0) is 51.6 Å². The van der Waals surface area contributed by atoms with Crippen molar-refractivity contribution in [1.82, 2.24) is 10.2 Å². The summed E-state index contributed by atoms with van der Waals surface area (Å²) in [5, 5.41) is 3.71. The van der Waals surface area contributed by atoms with Gasteiger partial charge >= 0.3 is 0 Å². The topological polar surface area (TPSA) is 15.3 Å². The zero-order valence-corrected chi connectivity index (χ0v) is 9.63. The van der Waals surface area contributed by atoms with E-state index in [1.165, 1.54) is 45.3 Å². The largest absolute Gasteiger partial charge is 0.312 e. The van der Waals surface area contributed by atoms with Gasteiger partial charge in [0, 0.05) is 18.6 Å². The van der Waals surface area contributed by atoms with Crippen LogP contribution in [0, 0.1) is 5.92 Å². The maximum absolute atomic E-state index is 3.71. The number of hydrogen-bond acceptors (Lipinski definition) is 2. The summed E-state index contributed by atoms with van der Waals surface area (Å²) in [6, 6.07) is 1.58. The maximum atomic E-state index is 3.71. The summed E-state index contributed by atoms with van der Waals surface area (Å²) < 4.78 is 0. The summed E-state index contributed by atoms with van der Waals surface area (Å²) >= 11 is 0. The van der Waals surface area contributed by atoms with Crippen LogP contribution in [-0.4, -0.2) is 36.6 Å². The van der Waals surface area contributed by atoms with E-state index in [9.17, 15) is 0 Å². The molecule has 82 valence electrons. The molecule has 2 heteroatoms. The lowest BCUT2D eigenvalue weighted by Gasteiger charge is -2.24. The van der Waals surface area contributed by atoms with E-state index < -0.39 is 0 Å². The van der Waals surface area contributed by atoms with Crippen molar-refractivity contribution >= 4 is 0 Å². The lowest BCUT2D eigenvalue weighted by atomic mass is 10.1. The van der Waals surface area contributed by atoms with Crippen molar-refractivity contribution in [2.24, 2.45) is 5.92 Å². The van der Waals surface area contributed by atoms with E-state index in [0.717, 1.165) is 18.0 Å². The molecule has 14 heavy (non-hydrogen) atoms. The van der Waals surface area contributed by atoms with Crippen LogP contribution in [0.25, 0.3) is 0 Å². The molecular formula is C12H24N2. The third kappa shape index (κ3) is 2.48. The molecule has 1 aliphatic carbocycles. The molecule has 0 unspecified atom stereocenters. The van der Waals surface area contributed by atoms with Gasteiger partial charge in [0.25, 0.3) is 0 Å². The number of likely N-dealkylation sites (N-methyl/N-ethyl adjacent to an activating group) is 1. The first-order chi connectivity index (χ1) is 6.81. The molecule has 1 N–H and O–H groups in total. The van der Waals surface area contributed by atoms with E-state index in [4.69, 9.17) is 0 Å². The van der Waals surface area contributed by atoms with Gasteiger partial charge in [-0.15, -0.1) is 0 Å². The van der Waals surface area contributed by atoms with E-state index in [2.05, 4.69) is 24.1 Å². The van der Waals surface area contributed by atoms with Crippen LogP contribution in [0.1, 0.15) is 39.5 Å². The minimum atomic E-state index is 0.759. The lowest BCUT2D eigenvalue weighted by molar-refractivity contribution is 0.252. The fourth-order valence-electron chi connectivity index (χ4n) is 2.63. The maximum Gasteiger partial charge on any atom is 0.0221 e. The van der Waals surface area contributed by atoms with Gasteiger partial charge < -0.3 is 5.32 Å².